The molecule has 5 nitrogen and oxygen atoms in total. The molecule has 0 atom stereocenters. The minimum absolute atomic E-state index is 0.201. The summed E-state index contributed by atoms with van der Waals surface area (Å²) in [5, 5.41) is 9.03. The fourth-order valence-electron chi connectivity index (χ4n) is 1.68. The van der Waals surface area contributed by atoms with E-state index in [1.165, 1.54) is 18.9 Å². The van der Waals surface area contributed by atoms with Gasteiger partial charge in [-0.15, -0.1) is 16.8 Å². The smallest absolute Gasteiger partial charge is 0.316 e. The average Bonchev–Trinajstić information content (AvgIpc) is 2.89. The third-order valence-corrected chi connectivity index (χ3v) is 4.15. The lowest BCUT2D eigenvalue weighted by molar-refractivity contribution is -0.137. The summed E-state index contributed by atoms with van der Waals surface area (Å²) >= 11 is 4.70. The molecule has 1 aromatic heterocycles. The Morgan fingerprint density at radius 3 is 2.76 bits per heavy atom. The molecule has 7 heteroatoms. The van der Waals surface area contributed by atoms with E-state index in [2.05, 4.69) is 37.4 Å². The highest BCUT2D eigenvalue weighted by molar-refractivity contribution is 9.10. The summed E-state index contributed by atoms with van der Waals surface area (Å²) in [6, 6.07) is 7.82. The number of halogens is 1. The second-order valence-electron chi connectivity index (χ2n) is 4.08. The van der Waals surface area contributed by atoms with E-state index in [9.17, 15) is 4.79 Å². The number of nitrogens with zero attached hydrogens (tertiary/aromatic N) is 3. The lowest BCUT2D eigenvalue weighted by Crippen LogP contribution is -2.06. The molecular weight excluding hydrogens is 354 g/mol. The number of aromatic nitrogens is 3. The number of carbonyl (C=O) groups is 1. The number of hydrogen-bond acceptors (Lipinski definition) is 5. The van der Waals surface area contributed by atoms with Crippen LogP contribution >= 0.6 is 27.7 Å². The molecule has 0 fully saturated rings. The third kappa shape index (κ3) is 3.95. The molecule has 0 saturated carbocycles. The van der Waals surface area contributed by atoms with Crippen LogP contribution < -0.4 is 0 Å². The number of allylic oxidation sites excluding steroid dienone is 1. The molecule has 0 aliphatic heterocycles. The molecule has 0 radical (unpaired) electrons. The summed E-state index contributed by atoms with van der Waals surface area (Å²) in [4.78, 5) is 11.2. The van der Waals surface area contributed by atoms with Gasteiger partial charge < -0.3 is 4.74 Å². The van der Waals surface area contributed by atoms with Crippen LogP contribution in [0, 0.1) is 0 Å². The van der Waals surface area contributed by atoms with E-state index >= 15 is 0 Å². The first-order valence-electron chi connectivity index (χ1n) is 6.15. The molecule has 110 valence electrons. The number of ether oxygens (including phenoxy) is 1. The maximum atomic E-state index is 11.2. The number of carbonyl (C=O) groups excluding carboxylic acids is 1. The van der Waals surface area contributed by atoms with Crippen molar-refractivity contribution >= 4 is 33.7 Å². The first kappa shape index (κ1) is 15.8. The van der Waals surface area contributed by atoms with Crippen molar-refractivity contribution in [1.29, 1.82) is 0 Å². The molecule has 0 bridgehead atoms. The van der Waals surface area contributed by atoms with Crippen LogP contribution in [-0.4, -0.2) is 33.6 Å². The molecule has 1 heterocycles. The number of thioether (sulfide) groups is 1. The van der Waals surface area contributed by atoms with Gasteiger partial charge in [0.2, 0.25) is 0 Å². The van der Waals surface area contributed by atoms with Crippen molar-refractivity contribution in [3.05, 3.63) is 41.4 Å². The lowest BCUT2D eigenvalue weighted by atomic mass is 10.2. The van der Waals surface area contributed by atoms with Gasteiger partial charge in [0, 0.05) is 16.6 Å². The maximum Gasteiger partial charge on any atom is 0.316 e. The van der Waals surface area contributed by atoms with Crippen LogP contribution in [0.15, 0.2) is 46.5 Å². The molecule has 2 aromatic rings. The van der Waals surface area contributed by atoms with E-state index < -0.39 is 0 Å². The normalized spacial score (nSPS) is 10.4. The van der Waals surface area contributed by atoms with Crippen molar-refractivity contribution in [2.45, 2.75) is 11.7 Å². The van der Waals surface area contributed by atoms with Crippen LogP contribution in [0.4, 0.5) is 0 Å². The summed E-state index contributed by atoms with van der Waals surface area (Å²) < 4.78 is 7.56. The van der Waals surface area contributed by atoms with Crippen molar-refractivity contribution in [3.8, 4) is 11.4 Å². The SMILES string of the molecule is C=CCn1c(SCC(=O)OC)nnc1-c1ccc(Br)cc1. The lowest BCUT2D eigenvalue weighted by Gasteiger charge is -2.07. The Hall–Kier alpha value is -1.60. The van der Waals surface area contributed by atoms with Gasteiger partial charge in [0.15, 0.2) is 11.0 Å². The van der Waals surface area contributed by atoms with Gasteiger partial charge in [0.25, 0.3) is 0 Å². The largest absolute Gasteiger partial charge is 0.468 e. The Morgan fingerprint density at radius 1 is 1.43 bits per heavy atom. The predicted molar refractivity (Wildman–Crippen MR) is 86.1 cm³/mol. The summed E-state index contributed by atoms with van der Waals surface area (Å²) in [5.41, 5.74) is 0.956. The van der Waals surface area contributed by atoms with E-state index in [1.807, 2.05) is 28.8 Å². The molecule has 1 aromatic carbocycles. The Kier molecular flexibility index (Phi) is 5.58. The highest BCUT2D eigenvalue weighted by atomic mass is 79.9. The zero-order chi connectivity index (χ0) is 15.2. The fraction of sp³-hybridized carbons (Fsp3) is 0.214. The van der Waals surface area contributed by atoms with E-state index in [4.69, 9.17) is 0 Å². The van der Waals surface area contributed by atoms with Crippen LogP contribution in [0.1, 0.15) is 0 Å². The highest BCUT2D eigenvalue weighted by Crippen LogP contribution is 2.25. The van der Waals surface area contributed by atoms with Gasteiger partial charge in [0.1, 0.15) is 0 Å². The van der Waals surface area contributed by atoms with Crippen LogP contribution in [0.5, 0.6) is 0 Å². The van der Waals surface area contributed by atoms with Crippen molar-refractivity contribution < 1.29 is 9.53 Å². The number of methoxy groups -OCH3 is 1. The fourth-order valence-corrected chi connectivity index (χ4v) is 2.73. The number of hydrogen-bond donors (Lipinski definition) is 0. The summed E-state index contributed by atoms with van der Waals surface area (Å²) in [6.45, 7) is 4.32. The van der Waals surface area contributed by atoms with Gasteiger partial charge >= 0.3 is 5.97 Å². The topological polar surface area (TPSA) is 57.0 Å². The van der Waals surface area contributed by atoms with E-state index in [1.54, 1.807) is 6.08 Å². The molecular formula is C14H14BrN3O2S. The molecule has 0 amide bonds. The van der Waals surface area contributed by atoms with Crippen LogP contribution in [0.3, 0.4) is 0 Å². The van der Waals surface area contributed by atoms with Crippen LogP contribution in [0.2, 0.25) is 0 Å². The van der Waals surface area contributed by atoms with Crippen molar-refractivity contribution in [2.24, 2.45) is 0 Å². The Balaban J connectivity index is 2.29. The minimum Gasteiger partial charge on any atom is -0.468 e. The van der Waals surface area contributed by atoms with Gasteiger partial charge in [-0.3, -0.25) is 9.36 Å². The first-order chi connectivity index (χ1) is 10.2. The summed E-state index contributed by atoms with van der Waals surface area (Å²) in [7, 11) is 1.37. The number of rotatable bonds is 6. The first-order valence-corrected chi connectivity index (χ1v) is 7.93. The van der Waals surface area contributed by atoms with Crippen molar-refractivity contribution in [1.82, 2.24) is 14.8 Å². The standard InChI is InChI=1S/C14H14BrN3O2S/c1-3-8-18-13(10-4-6-11(15)7-5-10)16-17-14(18)21-9-12(19)20-2/h3-7H,1,8-9H2,2H3. The second kappa shape index (κ2) is 7.42. The van der Waals surface area contributed by atoms with Gasteiger partial charge in [0.05, 0.1) is 12.9 Å². The molecule has 0 spiro atoms. The van der Waals surface area contributed by atoms with Gasteiger partial charge in [-0.2, -0.15) is 0 Å². The monoisotopic (exact) mass is 367 g/mol. The van der Waals surface area contributed by atoms with E-state index in [0.717, 1.165) is 15.9 Å². The highest BCUT2D eigenvalue weighted by Gasteiger charge is 2.14. The van der Waals surface area contributed by atoms with Crippen LogP contribution in [-0.2, 0) is 16.1 Å². The molecule has 0 aliphatic carbocycles. The van der Waals surface area contributed by atoms with Crippen molar-refractivity contribution in [2.75, 3.05) is 12.9 Å². The number of esters is 1. The maximum absolute atomic E-state index is 11.2. The molecule has 0 saturated heterocycles. The van der Waals surface area contributed by atoms with E-state index in [-0.39, 0.29) is 11.7 Å². The van der Waals surface area contributed by atoms with Gasteiger partial charge in [-0.1, -0.05) is 45.9 Å². The van der Waals surface area contributed by atoms with Gasteiger partial charge in [-0.05, 0) is 12.1 Å². The molecule has 0 aliphatic rings. The average molecular weight is 368 g/mol. The molecule has 2 rings (SSSR count). The predicted octanol–water partition coefficient (Wildman–Crippen LogP) is 3.16. The van der Waals surface area contributed by atoms with E-state index in [0.29, 0.717) is 11.7 Å². The molecule has 21 heavy (non-hydrogen) atoms. The summed E-state index contributed by atoms with van der Waals surface area (Å²) in [6.07, 6.45) is 1.77. The molecule has 0 unspecified atom stereocenters. The Morgan fingerprint density at radius 2 is 2.14 bits per heavy atom. The Labute approximate surface area is 135 Å². The molecule has 0 N–H and O–H groups in total. The van der Waals surface area contributed by atoms with Gasteiger partial charge in [-0.25, -0.2) is 0 Å². The Bertz CT molecular complexity index is 640. The second-order valence-corrected chi connectivity index (χ2v) is 5.94. The third-order valence-electron chi connectivity index (χ3n) is 2.68. The minimum atomic E-state index is -0.293. The zero-order valence-corrected chi connectivity index (χ0v) is 13.9. The number of benzene rings is 1. The zero-order valence-electron chi connectivity index (χ0n) is 11.5. The summed E-state index contributed by atoms with van der Waals surface area (Å²) in [5.74, 6) is 0.652. The van der Waals surface area contributed by atoms with Crippen molar-refractivity contribution in [3.63, 3.8) is 0 Å². The quantitative estimate of drug-likeness (QED) is 0.445. The van der Waals surface area contributed by atoms with Crippen LogP contribution in [0.25, 0.3) is 11.4 Å².